The molecule has 0 saturated heterocycles. The van der Waals surface area contributed by atoms with Crippen LogP contribution in [-0.4, -0.2) is 19.6 Å². The summed E-state index contributed by atoms with van der Waals surface area (Å²) in [6.45, 7) is -2.30. The monoisotopic (exact) mass is 622 g/mol. The van der Waals surface area contributed by atoms with Crippen LogP contribution in [0.5, 0.6) is 5.75 Å². The van der Waals surface area contributed by atoms with Crippen molar-refractivity contribution in [2.75, 3.05) is 0 Å². The number of furan rings is 1. The van der Waals surface area contributed by atoms with E-state index in [1.54, 1.807) is 30.5 Å². The van der Waals surface area contributed by atoms with Crippen molar-refractivity contribution >= 4 is 33.0 Å². The quantitative estimate of drug-likeness (QED) is 0.207. The Labute approximate surface area is 281 Å². The largest absolute Gasteiger partial charge is 0.507 e. The highest BCUT2D eigenvalue weighted by atomic mass is 16.3. The second kappa shape index (κ2) is 11.1. The lowest BCUT2D eigenvalue weighted by molar-refractivity contribution is 0.477. The van der Waals surface area contributed by atoms with Crippen LogP contribution >= 0.6 is 0 Å². The maximum absolute atomic E-state index is 11.2. The molecule has 0 atom stereocenters. The molecule has 0 saturated carbocycles. The zero-order valence-electron chi connectivity index (χ0n) is 28.6. The smallest absolute Gasteiger partial charge is 0.149 e. The Morgan fingerprint density at radius 1 is 0.646 bits per heavy atom. The first-order valence-corrected chi connectivity index (χ1v) is 15.7. The number of aromatic nitrogens is 3. The summed E-state index contributed by atoms with van der Waals surface area (Å²) in [7, 11) is 0. The highest BCUT2D eigenvalue weighted by Crippen LogP contribution is 2.44. The predicted molar refractivity (Wildman–Crippen MR) is 194 cm³/mol. The SMILES string of the molecule is [2H]C([2H])([2H])c1ccc(-n2c(-c3ccccc3O)nc3c(-c4cc(-c5ccccn5)cc5oc6ccccc6c45)cccc32)c(-c2ccccc2)c1. The molecule has 0 amide bonds. The van der Waals surface area contributed by atoms with Crippen molar-refractivity contribution in [3.63, 3.8) is 0 Å². The molecule has 0 aliphatic carbocycles. The van der Waals surface area contributed by atoms with Crippen molar-refractivity contribution in [1.82, 2.24) is 14.5 Å². The predicted octanol–water partition coefficient (Wildman–Crippen LogP) is 11.0. The summed E-state index contributed by atoms with van der Waals surface area (Å²) in [6, 6.07) is 46.2. The fourth-order valence-electron chi connectivity index (χ4n) is 6.73. The van der Waals surface area contributed by atoms with E-state index >= 15 is 0 Å². The minimum absolute atomic E-state index is 0.0800. The number of aryl methyl sites for hydroxylation is 1. The van der Waals surface area contributed by atoms with Crippen molar-refractivity contribution in [3.8, 4) is 56.3 Å². The number of phenolic OH excluding ortho intramolecular Hbond substituents is 1. The summed E-state index contributed by atoms with van der Waals surface area (Å²) in [5.41, 5.74) is 9.62. The number of aromatic hydroxyl groups is 1. The van der Waals surface area contributed by atoms with Crippen molar-refractivity contribution in [3.05, 3.63) is 157 Å². The topological polar surface area (TPSA) is 64.1 Å². The maximum atomic E-state index is 11.2. The zero-order chi connectivity index (χ0) is 34.7. The molecule has 5 heteroatoms. The fraction of sp³-hybridized carbons (Fsp3) is 0.0233. The number of hydrogen-bond donors (Lipinski definition) is 1. The van der Waals surface area contributed by atoms with Gasteiger partial charge in [0.15, 0.2) is 0 Å². The summed E-state index contributed by atoms with van der Waals surface area (Å²) in [5, 5.41) is 13.2. The van der Waals surface area contributed by atoms with Crippen LogP contribution in [0.3, 0.4) is 0 Å². The third kappa shape index (κ3) is 4.48. The third-order valence-electron chi connectivity index (χ3n) is 8.88. The molecule has 9 aromatic rings. The Balaban J connectivity index is 1.40. The lowest BCUT2D eigenvalue weighted by Gasteiger charge is -2.16. The van der Waals surface area contributed by atoms with Crippen LogP contribution in [0.1, 0.15) is 9.68 Å². The molecule has 3 heterocycles. The molecule has 0 bridgehead atoms. The standard InChI is InChI=1S/C43H29N3O2/c1-27-21-22-36(33(24-27)28-12-3-2-4-13-28)46-37-18-11-16-30(42(37)45-43(46)31-14-5-7-19-38(31)47)34-25-29(35-17-9-10-23-44-35)26-40-41(34)32-15-6-8-20-39(32)48-40/h2-26,47H,1H3/i1D3. The highest BCUT2D eigenvalue weighted by Gasteiger charge is 2.23. The van der Waals surface area contributed by atoms with Crippen LogP contribution in [0.4, 0.5) is 0 Å². The van der Waals surface area contributed by atoms with Crippen LogP contribution in [0.15, 0.2) is 156 Å². The number of phenols is 1. The Morgan fingerprint density at radius 3 is 2.31 bits per heavy atom. The van der Waals surface area contributed by atoms with E-state index < -0.39 is 6.85 Å². The van der Waals surface area contributed by atoms with Gasteiger partial charge in [-0.15, -0.1) is 0 Å². The average molecular weight is 623 g/mol. The summed E-state index contributed by atoms with van der Waals surface area (Å²) < 4.78 is 33.0. The van der Waals surface area contributed by atoms with Gasteiger partial charge in [0.25, 0.3) is 0 Å². The molecule has 0 radical (unpaired) electrons. The first-order valence-electron chi connectivity index (χ1n) is 17.2. The van der Waals surface area contributed by atoms with E-state index in [-0.39, 0.29) is 11.3 Å². The van der Waals surface area contributed by atoms with E-state index in [1.807, 2.05) is 108 Å². The Hall–Kier alpha value is -6.46. The highest BCUT2D eigenvalue weighted by molar-refractivity contribution is 6.16. The third-order valence-corrected chi connectivity index (χ3v) is 8.88. The molecule has 0 unspecified atom stereocenters. The molecule has 3 aromatic heterocycles. The first kappa shape index (κ1) is 24.7. The number of pyridine rings is 1. The van der Waals surface area contributed by atoms with E-state index in [0.717, 1.165) is 66.7 Å². The van der Waals surface area contributed by atoms with E-state index in [9.17, 15) is 5.11 Å². The minimum Gasteiger partial charge on any atom is -0.507 e. The van der Waals surface area contributed by atoms with Crippen LogP contribution < -0.4 is 0 Å². The van der Waals surface area contributed by atoms with Gasteiger partial charge in [-0.2, -0.15) is 0 Å². The number of para-hydroxylation sites is 3. The molecule has 48 heavy (non-hydrogen) atoms. The molecule has 1 N–H and O–H groups in total. The van der Waals surface area contributed by atoms with E-state index in [2.05, 4.69) is 23.2 Å². The van der Waals surface area contributed by atoms with E-state index in [1.165, 1.54) is 0 Å². The van der Waals surface area contributed by atoms with Crippen LogP contribution in [0.2, 0.25) is 0 Å². The minimum atomic E-state index is -2.30. The van der Waals surface area contributed by atoms with E-state index in [0.29, 0.717) is 16.9 Å². The van der Waals surface area contributed by atoms with Crippen molar-refractivity contribution in [2.24, 2.45) is 0 Å². The van der Waals surface area contributed by atoms with E-state index in [4.69, 9.17) is 13.5 Å². The van der Waals surface area contributed by atoms with Crippen LogP contribution in [-0.2, 0) is 0 Å². The molecule has 6 aromatic carbocycles. The number of nitrogens with zero attached hydrogens (tertiary/aromatic N) is 3. The van der Waals surface area contributed by atoms with Crippen molar-refractivity contribution < 1.29 is 13.6 Å². The Kier molecular flexibility index (Phi) is 5.72. The molecular weight excluding hydrogens is 590 g/mol. The Bertz CT molecular complexity index is 2750. The Morgan fingerprint density at radius 2 is 1.46 bits per heavy atom. The summed E-state index contributed by atoms with van der Waals surface area (Å²) in [6.07, 6.45) is 1.78. The van der Waals surface area contributed by atoms with Gasteiger partial charge in [0, 0.05) is 37.8 Å². The van der Waals surface area contributed by atoms with Gasteiger partial charge >= 0.3 is 0 Å². The molecule has 0 aliphatic heterocycles. The van der Waals surface area contributed by atoms with Crippen molar-refractivity contribution in [2.45, 2.75) is 6.85 Å². The van der Waals surface area contributed by atoms with Gasteiger partial charge in [0.2, 0.25) is 0 Å². The van der Waals surface area contributed by atoms with Gasteiger partial charge in [-0.1, -0.05) is 90.5 Å². The van der Waals surface area contributed by atoms with Gasteiger partial charge in [-0.25, -0.2) is 4.98 Å². The molecule has 0 spiro atoms. The molecule has 228 valence electrons. The number of benzene rings is 6. The van der Waals surface area contributed by atoms with Crippen LogP contribution in [0, 0.1) is 6.85 Å². The lowest BCUT2D eigenvalue weighted by atomic mass is 9.95. The summed E-state index contributed by atoms with van der Waals surface area (Å²) in [5.74, 6) is 0.597. The summed E-state index contributed by atoms with van der Waals surface area (Å²) in [4.78, 5) is 9.97. The molecule has 0 fully saturated rings. The number of fused-ring (bicyclic) bond motifs is 4. The fourth-order valence-corrected chi connectivity index (χ4v) is 6.73. The maximum Gasteiger partial charge on any atom is 0.149 e. The average Bonchev–Trinajstić information content (AvgIpc) is 3.73. The molecule has 9 rings (SSSR count). The van der Waals surface area contributed by atoms with Crippen molar-refractivity contribution in [1.29, 1.82) is 0 Å². The number of imidazole rings is 1. The van der Waals surface area contributed by atoms with Gasteiger partial charge in [-0.3, -0.25) is 9.55 Å². The van der Waals surface area contributed by atoms with Crippen LogP contribution in [0.25, 0.3) is 83.6 Å². The number of hydrogen-bond acceptors (Lipinski definition) is 4. The molecule has 5 nitrogen and oxygen atoms in total. The number of rotatable bonds is 5. The molecular formula is C43H29N3O2. The summed E-state index contributed by atoms with van der Waals surface area (Å²) >= 11 is 0. The zero-order valence-corrected chi connectivity index (χ0v) is 25.6. The van der Waals surface area contributed by atoms with Gasteiger partial charge in [0.05, 0.1) is 28.0 Å². The van der Waals surface area contributed by atoms with Gasteiger partial charge < -0.3 is 9.52 Å². The second-order valence-corrected chi connectivity index (χ2v) is 11.8. The van der Waals surface area contributed by atoms with Gasteiger partial charge in [-0.05, 0) is 78.6 Å². The molecule has 0 aliphatic rings. The first-order chi connectivity index (χ1) is 24.8. The lowest BCUT2D eigenvalue weighted by Crippen LogP contribution is -2.01. The normalized spacial score (nSPS) is 12.7. The second-order valence-electron chi connectivity index (χ2n) is 11.8. The van der Waals surface area contributed by atoms with Gasteiger partial charge in [0.1, 0.15) is 22.7 Å².